The summed E-state index contributed by atoms with van der Waals surface area (Å²) in [6, 6.07) is 9.41. The first-order valence-corrected chi connectivity index (χ1v) is 7.52. The van der Waals surface area contributed by atoms with Gasteiger partial charge in [-0.05, 0) is 29.7 Å². The number of benzene rings is 1. The first-order valence-electron chi connectivity index (χ1n) is 7.52. The molecular weight excluding hydrogens is 294 g/mol. The molecule has 0 saturated heterocycles. The number of methoxy groups -OCH3 is 1. The molecular formula is C18H19NO4. The Labute approximate surface area is 134 Å². The number of nitrogens with zero attached hydrogens (tertiary/aromatic N) is 1. The average molecular weight is 313 g/mol. The molecule has 0 amide bonds. The van der Waals surface area contributed by atoms with Crippen molar-refractivity contribution >= 4 is 5.57 Å². The quantitative estimate of drug-likeness (QED) is 0.940. The molecule has 5 nitrogen and oxygen atoms in total. The summed E-state index contributed by atoms with van der Waals surface area (Å²) in [4.78, 5) is 13.6. The van der Waals surface area contributed by atoms with E-state index in [0.29, 0.717) is 12.3 Å². The zero-order valence-corrected chi connectivity index (χ0v) is 13.0. The van der Waals surface area contributed by atoms with Gasteiger partial charge in [-0.1, -0.05) is 18.2 Å². The van der Waals surface area contributed by atoms with Crippen LogP contribution in [-0.2, 0) is 6.54 Å². The van der Waals surface area contributed by atoms with Crippen LogP contribution >= 0.6 is 0 Å². The molecule has 2 heterocycles. The van der Waals surface area contributed by atoms with Crippen LogP contribution in [0.25, 0.3) is 5.57 Å². The second-order valence-corrected chi connectivity index (χ2v) is 5.54. The number of hydrogen-bond donors (Lipinski definition) is 1. The highest BCUT2D eigenvalue weighted by Crippen LogP contribution is 2.25. The molecule has 0 atom stereocenters. The van der Waals surface area contributed by atoms with Gasteiger partial charge in [-0.2, -0.15) is 0 Å². The van der Waals surface area contributed by atoms with E-state index in [-0.39, 0.29) is 5.75 Å². The Balaban J connectivity index is 1.65. The van der Waals surface area contributed by atoms with E-state index in [1.807, 2.05) is 12.1 Å². The molecule has 0 bridgehead atoms. The fourth-order valence-corrected chi connectivity index (χ4v) is 2.67. The molecule has 23 heavy (non-hydrogen) atoms. The molecule has 120 valence electrons. The van der Waals surface area contributed by atoms with E-state index in [0.717, 1.165) is 31.5 Å². The van der Waals surface area contributed by atoms with Gasteiger partial charge in [0, 0.05) is 19.2 Å². The zero-order chi connectivity index (χ0) is 16.2. The molecule has 5 heteroatoms. The van der Waals surface area contributed by atoms with E-state index in [1.54, 1.807) is 7.11 Å². The summed E-state index contributed by atoms with van der Waals surface area (Å²) in [5.74, 6) is 1.07. The first kappa shape index (κ1) is 15.4. The minimum atomic E-state index is -0.405. The minimum absolute atomic E-state index is 0.353. The van der Waals surface area contributed by atoms with E-state index >= 15 is 0 Å². The SMILES string of the molecule is COc1ccc(C2=CCN(Cc3cc(=O)c(O)co3)CC2)cc1. The van der Waals surface area contributed by atoms with Crippen LogP contribution in [0, 0.1) is 0 Å². The lowest BCUT2D eigenvalue weighted by atomic mass is 9.99. The summed E-state index contributed by atoms with van der Waals surface area (Å²) in [6.07, 6.45) is 4.23. The number of aromatic hydroxyl groups is 1. The maximum Gasteiger partial charge on any atom is 0.226 e. The van der Waals surface area contributed by atoms with E-state index in [4.69, 9.17) is 9.15 Å². The van der Waals surface area contributed by atoms with E-state index in [2.05, 4.69) is 23.1 Å². The van der Waals surface area contributed by atoms with Crippen LogP contribution in [0.1, 0.15) is 17.7 Å². The smallest absolute Gasteiger partial charge is 0.226 e. The predicted octanol–water partition coefficient (Wildman–Crippen LogP) is 2.64. The number of ether oxygens (including phenoxy) is 1. The van der Waals surface area contributed by atoms with Crippen molar-refractivity contribution in [1.29, 1.82) is 0 Å². The van der Waals surface area contributed by atoms with Crippen molar-refractivity contribution < 1.29 is 14.3 Å². The number of rotatable bonds is 4. The van der Waals surface area contributed by atoms with Crippen LogP contribution in [0.4, 0.5) is 0 Å². The van der Waals surface area contributed by atoms with E-state index in [9.17, 15) is 9.90 Å². The van der Waals surface area contributed by atoms with Gasteiger partial charge in [-0.3, -0.25) is 9.69 Å². The van der Waals surface area contributed by atoms with Gasteiger partial charge in [0.1, 0.15) is 17.8 Å². The van der Waals surface area contributed by atoms with Crippen molar-refractivity contribution in [1.82, 2.24) is 4.90 Å². The molecule has 0 saturated carbocycles. The molecule has 1 aromatic carbocycles. The van der Waals surface area contributed by atoms with Crippen LogP contribution in [0.3, 0.4) is 0 Å². The standard InChI is InChI=1S/C18H19NO4/c1-22-15-4-2-13(3-5-15)14-6-8-19(9-7-14)11-16-10-17(20)18(21)12-23-16/h2-6,10,12,21H,7-9,11H2,1H3. The second kappa shape index (κ2) is 6.71. The fourth-order valence-electron chi connectivity index (χ4n) is 2.67. The van der Waals surface area contributed by atoms with Gasteiger partial charge >= 0.3 is 0 Å². The molecule has 1 aliphatic rings. The van der Waals surface area contributed by atoms with Crippen LogP contribution in [0.2, 0.25) is 0 Å². The third kappa shape index (κ3) is 3.63. The van der Waals surface area contributed by atoms with Crippen LogP contribution in [-0.4, -0.2) is 30.2 Å². The van der Waals surface area contributed by atoms with Gasteiger partial charge in [-0.25, -0.2) is 0 Å². The van der Waals surface area contributed by atoms with Gasteiger partial charge < -0.3 is 14.3 Å². The third-order valence-electron chi connectivity index (χ3n) is 4.00. The number of hydrogen-bond acceptors (Lipinski definition) is 5. The lowest BCUT2D eigenvalue weighted by Gasteiger charge is -2.25. The van der Waals surface area contributed by atoms with E-state index in [1.165, 1.54) is 17.2 Å². The van der Waals surface area contributed by atoms with Crippen LogP contribution < -0.4 is 10.2 Å². The molecule has 0 aliphatic carbocycles. The maximum atomic E-state index is 11.4. The Kier molecular flexibility index (Phi) is 4.48. The minimum Gasteiger partial charge on any atom is -0.502 e. The molecule has 2 aromatic rings. The van der Waals surface area contributed by atoms with Crippen molar-refractivity contribution in [3.8, 4) is 11.5 Å². The molecule has 0 radical (unpaired) electrons. The van der Waals surface area contributed by atoms with Gasteiger partial charge in [0.2, 0.25) is 5.43 Å². The van der Waals surface area contributed by atoms with Crippen LogP contribution in [0.5, 0.6) is 11.5 Å². The molecule has 0 fully saturated rings. The highest BCUT2D eigenvalue weighted by Gasteiger charge is 2.14. The van der Waals surface area contributed by atoms with Crippen molar-refractivity contribution in [2.75, 3.05) is 20.2 Å². The Hall–Kier alpha value is -2.53. The summed E-state index contributed by atoms with van der Waals surface area (Å²) in [6.45, 7) is 2.25. The molecule has 1 aromatic heterocycles. The molecule has 1 aliphatic heterocycles. The summed E-state index contributed by atoms with van der Waals surface area (Å²) in [5, 5.41) is 9.21. The Bertz CT molecular complexity index is 761. The fraction of sp³-hybridized carbons (Fsp3) is 0.278. The highest BCUT2D eigenvalue weighted by atomic mass is 16.5. The third-order valence-corrected chi connectivity index (χ3v) is 4.00. The average Bonchev–Trinajstić information content (AvgIpc) is 2.59. The zero-order valence-electron chi connectivity index (χ0n) is 13.0. The Morgan fingerprint density at radius 2 is 2.09 bits per heavy atom. The largest absolute Gasteiger partial charge is 0.502 e. The molecule has 3 rings (SSSR count). The van der Waals surface area contributed by atoms with Crippen molar-refractivity contribution in [2.24, 2.45) is 0 Å². The van der Waals surface area contributed by atoms with Crippen molar-refractivity contribution in [2.45, 2.75) is 13.0 Å². The van der Waals surface area contributed by atoms with Gasteiger partial charge in [-0.15, -0.1) is 0 Å². The lowest BCUT2D eigenvalue weighted by Crippen LogP contribution is -2.28. The summed E-state index contributed by atoms with van der Waals surface area (Å²) in [7, 11) is 1.66. The molecule has 0 unspecified atom stereocenters. The predicted molar refractivity (Wildman–Crippen MR) is 87.5 cm³/mol. The summed E-state index contributed by atoms with van der Waals surface area (Å²) in [5.41, 5.74) is 2.12. The summed E-state index contributed by atoms with van der Waals surface area (Å²) < 4.78 is 10.4. The van der Waals surface area contributed by atoms with Gasteiger partial charge in [0.05, 0.1) is 13.7 Å². The highest BCUT2D eigenvalue weighted by molar-refractivity contribution is 5.67. The van der Waals surface area contributed by atoms with Crippen molar-refractivity contribution in [3.63, 3.8) is 0 Å². The van der Waals surface area contributed by atoms with Crippen LogP contribution in [0.15, 0.2) is 51.9 Å². The monoisotopic (exact) mass is 313 g/mol. The lowest BCUT2D eigenvalue weighted by molar-refractivity contribution is 0.262. The Morgan fingerprint density at radius 1 is 1.30 bits per heavy atom. The topological polar surface area (TPSA) is 62.9 Å². The maximum absolute atomic E-state index is 11.4. The van der Waals surface area contributed by atoms with Gasteiger partial charge in [0.25, 0.3) is 0 Å². The second-order valence-electron chi connectivity index (χ2n) is 5.54. The normalized spacial score (nSPS) is 15.3. The van der Waals surface area contributed by atoms with E-state index < -0.39 is 5.43 Å². The van der Waals surface area contributed by atoms with Crippen molar-refractivity contribution in [3.05, 3.63) is 64.2 Å². The first-order chi connectivity index (χ1) is 11.2. The molecule has 1 N–H and O–H groups in total. The molecule has 0 spiro atoms. The summed E-state index contributed by atoms with van der Waals surface area (Å²) >= 11 is 0. The van der Waals surface area contributed by atoms with Gasteiger partial charge in [0.15, 0.2) is 5.75 Å². The Morgan fingerprint density at radius 3 is 2.70 bits per heavy atom.